The average molecular weight is 395 g/mol. The Labute approximate surface area is 158 Å². The maximum Gasteiger partial charge on any atom is 0.407 e. The second-order valence-corrected chi connectivity index (χ2v) is 7.60. The highest BCUT2D eigenvalue weighted by Crippen LogP contribution is 2.29. The van der Waals surface area contributed by atoms with Gasteiger partial charge in [0.2, 0.25) is 5.82 Å². The van der Waals surface area contributed by atoms with Crippen molar-refractivity contribution in [1.29, 1.82) is 0 Å². The van der Waals surface area contributed by atoms with Gasteiger partial charge in [0.05, 0.1) is 23.3 Å². The van der Waals surface area contributed by atoms with Crippen LogP contribution in [-0.4, -0.2) is 21.7 Å². The van der Waals surface area contributed by atoms with Crippen LogP contribution in [-0.2, 0) is 17.9 Å². The van der Waals surface area contributed by atoms with Crippen molar-refractivity contribution in [2.24, 2.45) is 0 Å². The average Bonchev–Trinajstić information content (AvgIpc) is 3.23. The summed E-state index contributed by atoms with van der Waals surface area (Å²) >= 11 is 1.39. The summed E-state index contributed by atoms with van der Waals surface area (Å²) in [5, 5.41) is 4.41. The lowest BCUT2D eigenvalue weighted by Crippen LogP contribution is -2.32. The summed E-state index contributed by atoms with van der Waals surface area (Å²) in [6.45, 7) is 5.38. The first kappa shape index (κ1) is 19.1. The molecule has 2 N–H and O–H groups in total. The molecular formula is C18H19F2N3O3S. The van der Waals surface area contributed by atoms with E-state index in [1.165, 1.54) is 23.5 Å². The number of aromatic nitrogens is 2. The van der Waals surface area contributed by atoms with Crippen molar-refractivity contribution in [3.8, 4) is 5.75 Å². The smallest absolute Gasteiger partial charge is 0.407 e. The standard InChI is InChI=1S/C18H19F2N3O3S/c1-18(2,3)26-17(24)21-6-10-4-12-13(23-10)5-14(16(20)15(12)19)25-7-11-8-27-9-22-11/h4-5,8-9,23H,6-7H2,1-3H3,(H,21,24). The van der Waals surface area contributed by atoms with Gasteiger partial charge in [-0.15, -0.1) is 11.3 Å². The molecular weight excluding hydrogens is 376 g/mol. The van der Waals surface area contributed by atoms with Crippen LogP contribution < -0.4 is 10.1 Å². The molecule has 0 atom stereocenters. The fraction of sp³-hybridized carbons (Fsp3) is 0.333. The van der Waals surface area contributed by atoms with Crippen molar-refractivity contribution in [1.82, 2.24) is 15.3 Å². The van der Waals surface area contributed by atoms with E-state index in [1.807, 2.05) is 0 Å². The van der Waals surface area contributed by atoms with Gasteiger partial charge in [0.1, 0.15) is 12.2 Å². The lowest BCUT2D eigenvalue weighted by Gasteiger charge is -2.19. The van der Waals surface area contributed by atoms with Crippen molar-refractivity contribution >= 4 is 28.3 Å². The summed E-state index contributed by atoms with van der Waals surface area (Å²) in [5.41, 5.74) is 2.51. The number of carbonyl (C=O) groups is 1. The SMILES string of the molecule is CC(C)(C)OC(=O)NCc1cc2c(F)c(F)c(OCc3cscn3)cc2[nH]1. The van der Waals surface area contributed by atoms with Crippen molar-refractivity contribution < 1.29 is 23.0 Å². The van der Waals surface area contributed by atoms with E-state index in [2.05, 4.69) is 15.3 Å². The Morgan fingerprint density at radius 2 is 2.07 bits per heavy atom. The molecule has 1 aromatic carbocycles. The topological polar surface area (TPSA) is 76.2 Å². The second kappa shape index (κ2) is 7.51. The molecule has 0 unspecified atom stereocenters. The number of H-pyrrole nitrogens is 1. The van der Waals surface area contributed by atoms with Gasteiger partial charge in [-0.3, -0.25) is 0 Å². The fourth-order valence-corrected chi connectivity index (χ4v) is 2.93. The maximum absolute atomic E-state index is 14.4. The summed E-state index contributed by atoms with van der Waals surface area (Å²) in [6.07, 6.45) is -0.597. The van der Waals surface area contributed by atoms with Gasteiger partial charge in [-0.25, -0.2) is 14.2 Å². The van der Waals surface area contributed by atoms with Crippen LogP contribution >= 0.6 is 11.3 Å². The summed E-state index contributed by atoms with van der Waals surface area (Å²) < 4.78 is 39.1. The van der Waals surface area contributed by atoms with E-state index in [-0.39, 0.29) is 24.3 Å². The van der Waals surface area contributed by atoms with E-state index in [0.717, 1.165) is 0 Å². The molecule has 6 nitrogen and oxygen atoms in total. The summed E-state index contributed by atoms with van der Waals surface area (Å²) in [4.78, 5) is 18.7. The number of carbonyl (C=O) groups excluding carboxylic acids is 1. The zero-order valence-electron chi connectivity index (χ0n) is 15.1. The first-order valence-corrected chi connectivity index (χ1v) is 9.13. The Kier molecular flexibility index (Phi) is 5.31. The van der Waals surface area contributed by atoms with Crippen LogP contribution in [0.25, 0.3) is 10.9 Å². The molecule has 144 valence electrons. The van der Waals surface area contributed by atoms with Gasteiger partial charge in [-0.05, 0) is 26.8 Å². The van der Waals surface area contributed by atoms with Gasteiger partial charge < -0.3 is 19.8 Å². The Balaban J connectivity index is 1.74. The van der Waals surface area contributed by atoms with E-state index >= 15 is 0 Å². The Hall–Kier alpha value is -2.68. The third-order valence-electron chi connectivity index (χ3n) is 3.51. The second-order valence-electron chi connectivity index (χ2n) is 6.88. The number of alkyl carbamates (subject to hydrolysis) is 1. The predicted molar refractivity (Wildman–Crippen MR) is 97.7 cm³/mol. The lowest BCUT2D eigenvalue weighted by atomic mass is 10.2. The van der Waals surface area contributed by atoms with Crippen LogP contribution in [0.1, 0.15) is 32.2 Å². The zero-order valence-corrected chi connectivity index (χ0v) is 15.9. The van der Waals surface area contributed by atoms with Crippen LogP contribution in [0.3, 0.4) is 0 Å². The molecule has 0 radical (unpaired) electrons. The molecule has 3 aromatic rings. The molecule has 0 saturated carbocycles. The van der Waals surface area contributed by atoms with Gasteiger partial charge in [0, 0.05) is 22.5 Å². The highest BCUT2D eigenvalue weighted by Gasteiger charge is 2.19. The molecule has 0 aliphatic heterocycles. The molecule has 3 rings (SSSR count). The van der Waals surface area contributed by atoms with Crippen LogP contribution in [0.2, 0.25) is 0 Å². The Morgan fingerprint density at radius 1 is 1.30 bits per heavy atom. The molecule has 0 spiro atoms. The van der Waals surface area contributed by atoms with Crippen molar-refractivity contribution in [3.63, 3.8) is 0 Å². The van der Waals surface area contributed by atoms with Gasteiger partial charge in [-0.1, -0.05) is 0 Å². The summed E-state index contributed by atoms with van der Waals surface area (Å²) in [7, 11) is 0. The molecule has 2 heterocycles. The quantitative estimate of drug-likeness (QED) is 0.667. The van der Waals surface area contributed by atoms with Crippen molar-refractivity contribution in [2.45, 2.75) is 39.5 Å². The number of benzene rings is 1. The maximum atomic E-state index is 14.4. The van der Waals surface area contributed by atoms with Crippen LogP contribution in [0, 0.1) is 11.6 Å². The third kappa shape index (κ3) is 4.73. The van der Waals surface area contributed by atoms with E-state index in [4.69, 9.17) is 9.47 Å². The number of aromatic amines is 1. The molecule has 27 heavy (non-hydrogen) atoms. The highest BCUT2D eigenvalue weighted by atomic mass is 32.1. The first-order chi connectivity index (χ1) is 12.7. The number of nitrogens with zero attached hydrogens (tertiary/aromatic N) is 1. The minimum absolute atomic E-state index is 0.0408. The van der Waals surface area contributed by atoms with Gasteiger partial charge in [0.15, 0.2) is 11.6 Å². The number of amides is 1. The van der Waals surface area contributed by atoms with Gasteiger partial charge in [-0.2, -0.15) is 4.39 Å². The normalized spacial score (nSPS) is 11.6. The number of ether oxygens (including phenoxy) is 2. The van der Waals surface area contributed by atoms with Crippen molar-refractivity contribution in [3.05, 3.63) is 46.0 Å². The van der Waals surface area contributed by atoms with Crippen LogP contribution in [0.4, 0.5) is 13.6 Å². The van der Waals surface area contributed by atoms with Crippen molar-refractivity contribution in [2.75, 3.05) is 0 Å². The van der Waals surface area contributed by atoms with E-state index in [1.54, 1.807) is 31.7 Å². The third-order valence-corrected chi connectivity index (χ3v) is 4.14. The van der Waals surface area contributed by atoms with E-state index < -0.39 is 23.3 Å². The summed E-state index contributed by atoms with van der Waals surface area (Å²) in [5.74, 6) is -2.29. The number of hydrogen-bond acceptors (Lipinski definition) is 5. The number of rotatable bonds is 5. The number of halogens is 2. The lowest BCUT2D eigenvalue weighted by molar-refractivity contribution is 0.0523. The summed E-state index contributed by atoms with van der Waals surface area (Å²) in [6, 6.07) is 2.83. The molecule has 0 saturated heterocycles. The predicted octanol–water partition coefficient (Wildman–Crippen LogP) is 4.51. The number of hydrogen-bond donors (Lipinski definition) is 2. The number of thiazole rings is 1. The molecule has 2 aromatic heterocycles. The van der Waals surface area contributed by atoms with E-state index in [0.29, 0.717) is 16.9 Å². The monoisotopic (exact) mass is 395 g/mol. The molecule has 1 amide bonds. The Morgan fingerprint density at radius 3 is 2.74 bits per heavy atom. The largest absolute Gasteiger partial charge is 0.484 e. The number of nitrogens with one attached hydrogen (secondary N) is 2. The number of fused-ring (bicyclic) bond motifs is 1. The minimum Gasteiger partial charge on any atom is -0.484 e. The molecule has 0 aliphatic carbocycles. The minimum atomic E-state index is -1.07. The first-order valence-electron chi connectivity index (χ1n) is 8.19. The molecule has 9 heteroatoms. The van der Waals surface area contributed by atoms with Gasteiger partial charge >= 0.3 is 6.09 Å². The Bertz CT molecular complexity index is 949. The molecule has 0 bridgehead atoms. The molecule has 0 aliphatic rings. The zero-order chi connectivity index (χ0) is 19.6. The highest BCUT2D eigenvalue weighted by molar-refractivity contribution is 7.07. The van der Waals surface area contributed by atoms with Gasteiger partial charge in [0.25, 0.3) is 0 Å². The van der Waals surface area contributed by atoms with E-state index in [9.17, 15) is 13.6 Å². The molecule has 0 fully saturated rings. The van der Waals surface area contributed by atoms with Crippen LogP contribution in [0.15, 0.2) is 23.0 Å². The van der Waals surface area contributed by atoms with Crippen LogP contribution in [0.5, 0.6) is 5.75 Å². The fourth-order valence-electron chi connectivity index (χ4n) is 2.39.